The third-order valence-corrected chi connectivity index (χ3v) is 5.44. The second-order valence-corrected chi connectivity index (χ2v) is 8.28. The van der Waals surface area contributed by atoms with Crippen LogP contribution in [0.3, 0.4) is 0 Å². The first-order chi connectivity index (χ1) is 15.4. The Morgan fingerprint density at radius 1 is 1.19 bits per heavy atom. The van der Waals surface area contributed by atoms with E-state index in [4.69, 9.17) is 32.4 Å². The van der Waals surface area contributed by atoms with E-state index in [1.54, 1.807) is 30.3 Å². The summed E-state index contributed by atoms with van der Waals surface area (Å²) in [6, 6.07) is 12.8. The minimum absolute atomic E-state index is 0.0401. The molecule has 164 valence electrons. The molecule has 0 saturated heterocycles. The van der Waals surface area contributed by atoms with Gasteiger partial charge in [0.25, 0.3) is 5.91 Å². The lowest BCUT2D eigenvalue weighted by molar-refractivity contribution is 0.0991. The van der Waals surface area contributed by atoms with Crippen LogP contribution < -0.4 is 10.1 Å². The molecule has 0 unspecified atom stereocenters. The number of nitrogens with zero attached hydrogens (tertiary/aromatic N) is 3. The second-order valence-electron chi connectivity index (χ2n) is 6.55. The number of carbonyl (C=O) groups excluding carboxylic acids is 1. The van der Waals surface area contributed by atoms with E-state index in [2.05, 4.69) is 31.3 Å². The van der Waals surface area contributed by atoms with Crippen molar-refractivity contribution < 1.29 is 18.3 Å². The Labute approximate surface area is 200 Å². The van der Waals surface area contributed by atoms with Crippen LogP contribution in [0, 0.1) is 5.82 Å². The SMILES string of the molecule is O=C(Nc1ncn(Cc2c(F)cccc2Cl)n1)c1ccc(COc2ccc(Br)cc2Cl)o1. The van der Waals surface area contributed by atoms with Crippen molar-refractivity contribution in [3.8, 4) is 5.75 Å². The van der Waals surface area contributed by atoms with Gasteiger partial charge in [-0.1, -0.05) is 45.2 Å². The summed E-state index contributed by atoms with van der Waals surface area (Å²) < 4.78 is 27.3. The van der Waals surface area contributed by atoms with Crippen molar-refractivity contribution in [2.24, 2.45) is 0 Å². The number of hydrogen-bond acceptors (Lipinski definition) is 5. The van der Waals surface area contributed by atoms with Gasteiger partial charge >= 0.3 is 0 Å². The molecule has 11 heteroatoms. The zero-order valence-corrected chi connectivity index (χ0v) is 19.3. The number of aromatic nitrogens is 3. The minimum Gasteiger partial charge on any atom is -0.484 e. The molecular weight excluding hydrogens is 526 g/mol. The maximum atomic E-state index is 13.9. The number of amides is 1. The highest BCUT2D eigenvalue weighted by Crippen LogP contribution is 2.28. The van der Waals surface area contributed by atoms with Crippen molar-refractivity contribution in [1.29, 1.82) is 0 Å². The topological polar surface area (TPSA) is 82.2 Å². The summed E-state index contributed by atoms with van der Waals surface area (Å²) >= 11 is 15.5. The number of benzene rings is 2. The van der Waals surface area contributed by atoms with Gasteiger partial charge in [-0.3, -0.25) is 10.1 Å². The lowest BCUT2D eigenvalue weighted by Gasteiger charge is -2.06. The molecule has 0 spiro atoms. The molecular formula is C21H14BrCl2FN4O3. The summed E-state index contributed by atoms with van der Waals surface area (Å²) in [6.45, 7) is 0.153. The zero-order valence-electron chi connectivity index (χ0n) is 16.2. The molecule has 0 aliphatic rings. The van der Waals surface area contributed by atoms with Crippen LogP contribution in [-0.4, -0.2) is 20.7 Å². The quantitative estimate of drug-likeness (QED) is 0.313. The third kappa shape index (κ3) is 5.29. The van der Waals surface area contributed by atoms with Gasteiger partial charge in [-0.05, 0) is 42.5 Å². The van der Waals surface area contributed by atoms with Crippen LogP contribution >= 0.6 is 39.1 Å². The predicted octanol–water partition coefficient (Wildman–Crippen LogP) is 5.96. The molecule has 32 heavy (non-hydrogen) atoms. The van der Waals surface area contributed by atoms with Gasteiger partial charge in [0.15, 0.2) is 5.76 Å². The molecule has 2 aromatic carbocycles. The Kier molecular flexibility index (Phi) is 6.78. The largest absolute Gasteiger partial charge is 0.484 e. The number of rotatable bonds is 7. The van der Waals surface area contributed by atoms with Crippen LogP contribution in [0.4, 0.5) is 10.3 Å². The Balaban J connectivity index is 1.36. The van der Waals surface area contributed by atoms with E-state index in [0.717, 1.165) is 4.47 Å². The molecule has 1 N–H and O–H groups in total. The van der Waals surface area contributed by atoms with Crippen molar-refractivity contribution in [2.75, 3.05) is 5.32 Å². The number of hydrogen-bond donors (Lipinski definition) is 1. The van der Waals surface area contributed by atoms with Gasteiger partial charge < -0.3 is 9.15 Å². The van der Waals surface area contributed by atoms with Crippen molar-refractivity contribution in [1.82, 2.24) is 14.8 Å². The minimum atomic E-state index is -0.542. The van der Waals surface area contributed by atoms with E-state index in [9.17, 15) is 9.18 Å². The Morgan fingerprint density at radius 3 is 2.81 bits per heavy atom. The van der Waals surface area contributed by atoms with E-state index >= 15 is 0 Å². The average molecular weight is 540 g/mol. The Morgan fingerprint density at radius 2 is 2.03 bits per heavy atom. The van der Waals surface area contributed by atoms with Crippen molar-refractivity contribution >= 4 is 51.0 Å². The molecule has 2 heterocycles. The van der Waals surface area contributed by atoms with Gasteiger partial charge in [-0.2, -0.15) is 0 Å². The van der Waals surface area contributed by atoms with E-state index in [-0.39, 0.29) is 35.4 Å². The Hall–Kier alpha value is -2.88. The van der Waals surface area contributed by atoms with Gasteiger partial charge in [-0.25, -0.2) is 14.1 Å². The standard InChI is InChI=1S/C21H14BrCl2FN4O3/c22-12-4-6-18(16(24)8-12)31-10-13-5-7-19(32-13)20(30)27-21-26-11-29(28-21)9-14-15(23)2-1-3-17(14)25/h1-8,11H,9-10H2,(H,27,28,30). The molecule has 4 rings (SSSR count). The molecule has 1 amide bonds. The van der Waals surface area contributed by atoms with Crippen LogP contribution in [0.2, 0.25) is 10.0 Å². The van der Waals surface area contributed by atoms with Crippen molar-refractivity contribution in [3.63, 3.8) is 0 Å². The fraction of sp³-hybridized carbons (Fsp3) is 0.0952. The molecule has 0 saturated carbocycles. The molecule has 0 aliphatic carbocycles. The normalized spacial score (nSPS) is 10.9. The van der Waals surface area contributed by atoms with Crippen LogP contribution in [0.5, 0.6) is 5.75 Å². The number of ether oxygens (including phenoxy) is 1. The third-order valence-electron chi connectivity index (χ3n) is 4.29. The van der Waals surface area contributed by atoms with Gasteiger partial charge in [0, 0.05) is 15.1 Å². The average Bonchev–Trinajstić information content (AvgIpc) is 3.40. The number of furan rings is 1. The fourth-order valence-corrected chi connectivity index (χ4v) is 3.71. The van der Waals surface area contributed by atoms with Crippen LogP contribution in [0.25, 0.3) is 0 Å². The number of nitrogens with one attached hydrogen (secondary N) is 1. The molecule has 0 bridgehead atoms. The molecule has 0 aliphatic heterocycles. The summed E-state index contributed by atoms with van der Waals surface area (Å²) in [5.41, 5.74) is 0.276. The first kappa shape index (κ1) is 22.3. The maximum Gasteiger partial charge on any atom is 0.293 e. The van der Waals surface area contributed by atoms with E-state index in [1.807, 2.05) is 0 Å². The first-order valence-electron chi connectivity index (χ1n) is 9.19. The van der Waals surface area contributed by atoms with E-state index in [0.29, 0.717) is 16.5 Å². The second kappa shape index (κ2) is 9.72. The monoisotopic (exact) mass is 538 g/mol. The predicted molar refractivity (Wildman–Crippen MR) is 121 cm³/mol. The maximum absolute atomic E-state index is 13.9. The number of carbonyl (C=O) groups is 1. The molecule has 2 aromatic heterocycles. The van der Waals surface area contributed by atoms with Gasteiger partial charge in [0.2, 0.25) is 5.95 Å². The number of anilines is 1. The van der Waals surface area contributed by atoms with E-state index in [1.165, 1.54) is 29.2 Å². The summed E-state index contributed by atoms with van der Waals surface area (Å²) in [5, 5.41) is 7.37. The molecule has 4 aromatic rings. The van der Waals surface area contributed by atoms with Crippen molar-refractivity contribution in [3.05, 3.63) is 92.3 Å². The van der Waals surface area contributed by atoms with Crippen molar-refractivity contribution in [2.45, 2.75) is 13.2 Å². The van der Waals surface area contributed by atoms with Gasteiger partial charge in [0.1, 0.15) is 30.3 Å². The lowest BCUT2D eigenvalue weighted by Crippen LogP contribution is -2.13. The van der Waals surface area contributed by atoms with Crippen LogP contribution in [0.1, 0.15) is 21.9 Å². The first-order valence-corrected chi connectivity index (χ1v) is 10.7. The molecule has 7 nitrogen and oxygen atoms in total. The van der Waals surface area contributed by atoms with Gasteiger partial charge in [-0.15, -0.1) is 5.10 Å². The zero-order chi connectivity index (χ0) is 22.7. The fourth-order valence-electron chi connectivity index (χ4n) is 2.76. The molecule has 0 atom stereocenters. The lowest BCUT2D eigenvalue weighted by atomic mass is 10.2. The summed E-state index contributed by atoms with van der Waals surface area (Å²) in [7, 11) is 0. The summed E-state index contributed by atoms with van der Waals surface area (Å²) in [4.78, 5) is 16.4. The van der Waals surface area contributed by atoms with Crippen LogP contribution in [-0.2, 0) is 13.2 Å². The summed E-state index contributed by atoms with van der Waals surface area (Å²) in [5.74, 6) is 0.0223. The highest BCUT2D eigenvalue weighted by molar-refractivity contribution is 9.10. The molecule has 0 fully saturated rings. The molecule has 0 radical (unpaired) electrons. The highest BCUT2D eigenvalue weighted by Gasteiger charge is 2.15. The Bertz CT molecular complexity index is 1260. The van der Waals surface area contributed by atoms with Gasteiger partial charge in [0.05, 0.1) is 11.6 Å². The summed E-state index contributed by atoms with van der Waals surface area (Å²) in [6.07, 6.45) is 1.36. The van der Waals surface area contributed by atoms with Crippen LogP contribution in [0.15, 0.2) is 63.7 Å². The van der Waals surface area contributed by atoms with E-state index < -0.39 is 11.7 Å². The highest BCUT2D eigenvalue weighted by atomic mass is 79.9. The number of halogens is 4. The smallest absolute Gasteiger partial charge is 0.293 e.